The fourth-order valence-electron chi connectivity index (χ4n) is 2.29. The number of benzene rings is 1. The SMILES string of the molecule is CCOC(=O)C1=C(OS(=O)(=O)C(F)(F)F)c2cccc(Br)c2OC1(C)C. The van der Waals surface area contributed by atoms with Gasteiger partial charge in [-0.2, -0.15) is 21.6 Å². The number of fused-ring (bicyclic) bond motifs is 1. The maximum Gasteiger partial charge on any atom is 0.534 e. The first-order chi connectivity index (χ1) is 11.8. The molecule has 26 heavy (non-hydrogen) atoms. The smallest absolute Gasteiger partial charge is 0.481 e. The Kier molecular flexibility index (Phi) is 5.35. The van der Waals surface area contributed by atoms with Crippen LogP contribution in [0.1, 0.15) is 26.3 Å². The molecule has 1 aromatic carbocycles. The lowest BCUT2D eigenvalue weighted by Crippen LogP contribution is -2.40. The van der Waals surface area contributed by atoms with Crippen LogP contribution < -0.4 is 4.74 Å². The molecule has 0 spiro atoms. The summed E-state index contributed by atoms with van der Waals surface area (Å²) in [5.41, 5.74) is -7.79. The third-order valence-corrected chi connectivity index (χ3v) is 4.93. The Morgan fingerprint density at radius 2 is 1.92 bits per heavy atom. The van der Waals surface area contributed by atoms with Crippen molar-refractivity contribution >= 4 is 37.8 Å². The number of hydrogen-bond donors (Lipinski definition) is 0. The van der Waals surface area contributed by atoms with Crippen molar-refractivity contribution in [1.82, 2.24) is 0 Å². The lowest BCUT2D eigenvalue weighted by molar-refractivity contribution is -0.140. The average Bonchev–Trinajstić information content (AvgIpc) is 2.46. The third-order valence-electron chi connectivity index (χ3n) is 3.35. The summed E-state index contributed by atoms with van der Waals surface area (Å²) in [7, 11) is -6.02. The number of carbonyl (C=O) groups excluding carboxylic acids is 1. The van der Waals surface area contributed by atoms with E-state index in [9.17, 15) is 26.4 Å². The molecule has 0 fully saturated rings. The molecular formula is C15H14BrF3O6S. The number of alkyl halides is 3. The van der Waals surface area contributed by atoms with Gasteiger partial charge in [-0.05, 0) is 48.8 Å². The fourth-order valence-corrected chi connectivity index (χ4v) is 3.23. The van der Waals surface area contributed by atoms with Crippen LogP contribution in [0.3, 0.4) is 0 Å². The molecule has 0 aliphatic carbocycles. The summed E-state index contributed by atoms with van der Waals surface area (Å²) < 4.78 is 76.8. The average molecular weight is 459 g/mol. The monoisotopic (exact) mass is 458 g/mol. The maximum absolute atomic E-state index is 12.8. The second kappa shape index (κ2) is 6.76. The summed E-state index contributed by atoms with van der Waals surface area (Å²) in [6.07, 6.45) is 0. The number of para-hydroxylation sites is 1. The van der Waals surface area contributed by atoms with Crippen LogP contribution in [0.2, 0.25) is 0 Å². The van der Waals surface area contributed by atoms with Gasteiger partial charge in [0, 0.05) is 0 Å². The normalized spacial score (nSPS) is 16.6. The predicted molar refractivity (Wildman–Crippen MR) is 88.5 cm³/mol. The Morgan fingerprint density at radius 1 is 1.31 bits per heavy atom. The van der Waals surface area contributed by atoms with E-state index < -0.39 is 38.5 Å². The van der Waals surface area contributed by atoms with E-state index in [-0.39, 0.29) is 17.9 Å². The number of esters is 1. The van der Waals surface area contributed by atoms with Gasteiger partial charge in [-0.1, -0.05) is 6.07 Å². The molecule has 0 N–H and O–H groups in total. The van der Waals surface area contributed by atoms with Crippen LogP contribution >= 0.6 is 15.9 Å². The van der Waals surface area contributed by atoms with Gasteiger partial charge < -0.3 is 13.7 Å². The van der Waals surface area contributed by atoms with E-state index in [0.29, 0.717) is 4.47 Å². The molecule has 144 valence electrons. The number of carbonyl (C=O) groups is 1. The summed E-state index contributed by atoms with van der Waals surface area (Å²) >= 11 is 3.18. The van der Waals surface area contributed by atoms with E-state index >= 15 is 0 Å². The molecular weight excluding hydrogens is 445 g/mol. The van der Waals surface area contributed by atoms with Crippen LogP contribution in [0.15, 0.2) is 28.2 Å². The Hall–Kier alpha value is -1.75. The van der Waals surface area contributed by atoms with Crippen molar-refractivity contribution in [2.24, 2.45) is 0 Å². The third kappa shape index (κ3) is 3.68. The van der Waals surface area contributed by atoms with Crippen LogP contribution in [0.4, 0.5) is 13.2 Å². The van der Waals surface area contributed by atoms with E-state index in [1.807, 2.05) is 0 Å². The number of rotatable bonds is 4. The standard InChI is InChI=1S/C15H14BrF3O6S/c1-4-23-13(20)10-12(25-26(21,22)15(17,18)19)8-6-5-7-9(16)11(8)24-14(10,2)3/h5-7H,4H2,1-3H3. The minimum absolute atomic E-state index is 0.0397. The van der Waals surface area contributed by atoms with Gasteiger partial charge in [-0.25, -0.2) is 4.79 Å². The topological polar surface area (TPSA) is 78.9 Å². The first kappa shape index (κ1) is 20.6. The number of ether oxygens (including phenoxy) is 2. The first-order valence-corrected chi connectivity index (χ1v) is 9.42. The number of hydrogen-bond acceptors (Lipinski definition) is 6. The molecule has 11 heteroatoms. The molecule has 2 rings (SSSR count). The lowest BCUT2D eigenvalue weighted by atomic mass is 9.91. The molecule has 1 aliphatic rings. The molecule has 0 aromatic heterocycles. The van der Waals surface area contributed by atoms with Gasteiger partial charge in [-0.15, -0.1) is 0 Å². The quantitative estimate of drug-likeness (QED) is 0.388. The molecule has 0 saturated heterocycles. The first-order valence-electron chi connectivity index (χ1n) is 7.22. The van der Waals surface area contributed by atoms with E-state index in [1.165, 1.54) is 32.9 Å². The molecule has 1 aromatic rings. The molecule has 1 aliphatic heterocycles. The van der Waals surface area contributed by atoms with Crippen LogP contribution in [0.5, 0.6) is 5.75 Å². The number of halogens is 4. The van der Waals surface area contributed by atoms with Gasteiger partial charge in [0.15, 0.2) is 5.76 Å². The second-order valence-electron chi connectivity index (χ2n) is 5.64. The molecule has 6 nitrogen and oxygen atoms in total. The molecule has 0 unspecified atom stereocenters. The summed E-state index contributed by atoms with van der Waals surface area (Å²) in [6.45, 7) is 4.17. The van der Waals surface area contributed by atoms with E-state index in [4.69, 9.17) is 9.47 Å². The van der Waals surface area contributed by atoms with Crippen LogP contribution in [0.25, 0.3) is 5.76 Å². The second-order valence-corrected chi connectivity index (χ2v) is 8.03. The zero-order chi connectivity index (χ0) is 19.9. The van der Waals surface area contributed by atoms with Gasteiger partial charge in [0.1, 0.15) is 16.9 Å². The summed E-state index contributed by atoms with van der Waals surface area (Å²) in [5, 5.41) is 0. The van der Waals surface area contributed by atoms with Crippen molar-refractivity contribution in [2.75, 3.05) is 6.61 Å². The largest absolute Gasteiger partial charge is 0.534 e. The van der Waals surface area contributed by atoms with E-state index in [1.54, 1.807) is 6.07 Å². The maximum atomic E-state index is 12.8. The predicted octanol–water partition coefficient (Wildman–Crippen LogP) is 3.76. The highest BCUT2D eigenvalue weighted by Gasteiger charge is 2.51. The van der Waals surface area contributed by atoms with Crippen molar-refractivity contribution in [2.45, 2.75) is 31.9 Å². The minimum atomic E-state index is -6.02. The van der Waals surface area contributed by atoms with Gasteiger partial charge in [-0.3, -0.25) is 0 Å². The molecule has 1 heterocycles. The highest BCUT2D eigenvalue weighted by molar-refractivity contribution is 9.10. The van der Waals surface area contributed by atoms with Gasteiger partial charge in [0.25, 0.3) is 0 Å². The van der Waals surface area contributed by atoms with Crippen LogP contribution in [-0.4, -0.2) is 32.1 Å². The van der Waals surface area contributed by atoms with Crippen LogP contribution in [-0.2, 0) is 23.8 Å². The summed E-state index contributed by atoms with van der Waals surface area (Å²) in [5.74, 6) is -1.79. The Labute approximate surface area is 156 Å². The van der Waals surface area contributed by atoms with Crippen molar-refractivity contribution in [3.05, 3.63) is 33.8 Å². The van der Waals surface area contributed by atoms with Crippen molar-refractivity contribution in [1.29, 1.82) is 0 Å². The van der Waals surface area contributed by atoms with Gasteiger partial charge in [0.2, 0.25) is 0 Å². The summed E-state index contributed by atoms with van der Waals surface area (Å²) in [4.78, 5) is 12.3. The highest BCUT2D eigenvalue weighted by atomic mass is 79.9. The van der Waals surface area contributed by atoms with E-state index in [0.717, 1.165) is 0 Å². The van der Waals surface area contributed by atoms with Crippen molar-refractivity contribution in [3.8, 4) is 5.75 Å². The zero-order valence-electron chi connectivity index (χ0n) is 13.8. The zero-order valence-corrected chi connectivity index (χ0v) is 16.2. The Bertz CT molecular complexity index is 874. The molecule has 0 amide bonds. The van der Waals surface area contributed by atoms with E-state index in [2.05, 4.69) is 20.1 Å². The molecule has 0 saturated carbocycles. The van der Waals surface area contributed by atoms with Gasteiger partial charge >= 0.3 is 21.6 Å². The minimum Gasteiger partial charge on any atom is -0.481 e. The lowest BCUT2D eigenvalue weighted by Gasteiger charge is -2.35. The molecule has 0 radical (unpaired) electrons. The fraction of sp³-hybridized carbons (Fsp3) is 0.400. The molecule has 0 bridgehead atoms. The highest BCUT2D eigenvalue weighted by Crippen LogP contribution is 2.46. The van der Waals surface area contributed by atoms with Crippen LogP contribution in [0, 0.1) is 0 Å². The molecule has 0 atom stereocenters. The Balaban J connectivity index is 2.79. The van der Waals surface area contributed by atoms with Gasteiger partial charge in [0.05, 0.1) is 16.6 Å². The van der Waals surface area contributed by atoms with Crippen molar-refractivity contribution in [3.63, 3.8) is 0 Å². The summed E-state index contributed by atoms with van der Waals surface area (Å²) in [6, 6.07) is 4.24. The van der Waals surface area contributed by atoms with Crippen molar-refractivity contribution < 1.29 is 40.0 Å². The Morgan fingerprint density at radius 3 is 2.46 bits per heavy atom.